The number of hydrogen-bond acceptors (Lipinski definition) is 2. The van der Waals surface area contributed by atoms with Crippen LogP contribution in [0.1, 0.15) is 58.3 Å². The second-order valence-electron chi connectivity index (χ2n) is 5.65. The summed E-state index contributed by atoms with van der Waals surface area (Å²) in [4.78, 5) is 4.48. The van der Waals surface area contributed by atoms with Gasteiger partial charge >= 0.3 is 0 Å². The zero-order valence-corrected chi connectivity index (χ0v) is 12.0. The minimum Gasteiger partial charge on any atom is -0.330 e. The van der Waals surface area contributed by atoms with E-state index in [9.17, 15) is 0 Å². The van der Waals surface area contributed by atoms with Crippen molar-refractivity contribution in [1.82, 2.24) is 14.9 Å². The van der Waals surface area contributed by atoms with E-state index in [0.717, 1.165) is 18.9 Å². The van der Waals surface area contributed by atoms with Crippen molar-refractivity contribution in [2.24, 2.45) is 5.92 Å². The normalized spacial score (nSPS) is 28.5. The molecule has 0 saturated heterocycles. The minimum atomic E-state index is 0.595. The quantitative estimate of drug-likeness (QED) is 0.868. The molecule has 0 radical (unpaired) electrons. The second kappa shape index (κ2) is 6.37. The fourth-order valence-corrected chi connectivity index (χ4v) is 3.15. The lowest BCUT2D eigenvalue weighted by atomic mass is 9.83. The molecule has 1 aromatic heterocycles. The zero-order valence-electron chi connectivity index (χ0n) is 12.0. The SMILES string of the molecule is CCCNC1CCC(C)CC1n1ccnc1CC. The lowest BCUT2D eigenvalue weighted by molar-refractivity contribution is 0.212. The van der Waals surface area contributed by atoms with Crippen LogP contribution in [-0.4, -0.2) is 22.1 Å². The van der Waals surface area contributed by atoms with Gasteiger partial charge in [-0.05, 0) is 38.1 Å². The number of rotatable bonds is 5. The van der Waals surface area contributed by atoms with Crippen LogP contribution >= 0.6 is 0 Å². The lowest BCUT2D eigenvalue weighted by Crippen LogP contribution is -2.42. The summed E-state index contributed by atoms with van der Waals surface area (Å²) in [7, 11) is 0. The van der Waals surface area contributed by atoms with Gasteiger partial charge in [0, 0.05) is 24.9 Å². The molecule has 1 saturated carbocycles. The molecular weight excluding hydrogens is 222 g/mol. The molecule has 0 aromatic carbocycles. The van der Waals surface area contributed by atoms with Crippen molar-refractivity contribution < 1.29 is 0 Å². The fraction of sp³-hybridized carbons (Fsp3) is 0.800. The highest BCUT2D eigenvalue weighted by Gasteiger charge is 2.30. The van der Waals surface area contributed by atoms with Crippen molar-refractivity contribution >= 4 is 0 Å². The van der Waals surface area contributed by atoms with Crippen molar-refractivity contribution in [3.63, 3.8) is 0 Å². The molecule has 0 spiro atoms. The molecule has 0 aliphatic heterocycles. The minimum absolute atomic E-state index is 0.595. The summed E-state index contributed by atoms with van der Waals surface area (Å²) in [5.74, 6) is 2.07. The van der Waals surface area contributed by atoms with E-state index in [1.807, 2.05) is 6.20 Å². The number of aromatic nitrogens is 2. The van der Waals surface area contributed by atoms with Gasteiger partial charge in [0.2, 0.25) is 0 Å². The fourth-order valence-electron chi connectivity index (χ4n) is 3.15. The second-order valence-corrected chi connectivity index (χ2v) is 5.65. The average Bonchev–Trinajstić information content (AvgIpc) is 2.85. The lowest BCUT2D eigenvalue weighted by Gasteiger charge is -2.37. The average molecular weight is 249 g/mol. The summed E-state index contributed by atoms with van der Waals surface area (Å²) in [5, 5.41) is 3.73. The molecule has 0 bridgehead atoms. The van der Waals surface area contributed by atoms with E-state index in [2.05, 4.69) is 41.8 Å². The predicted molar refractivity (Wildman–Crippen MR) is 75.7 cm³/mol. The zero-order chi connectivity index (χ0) is 13.0. The van der Waals surface area contributed by atoms with Crippen molar-refractivity contribution in [1.29, 1.82) is 0 Å². The maximum Gasteiger partial charge on any atom is 0.108 e. The van der Waals surface area contributed by atoms with Crippen LogP contribution in [0.2, 0.25) is 0 Å². The van der Waals surface area contributed by atoms with E-state index in [-0.39, 0.29) is 0 Å². The van der Waals surface area contributed by atoms with E-state index in [0.29, 0.717) is 12.1 Å². The smallest absolute Gasteiger partial charge is 0.108 e. The Kier molecular flexibility index (Phi) is 4.81. The van der Waals surface area contributed by atoms with Gasteiger partial charge in [0.05, 0.1) is 6.04 Å². The Morgan fingerprint density at radius 2 is 2.22 bits per heavy atom. The molecule has 102 valence electrons. The Hall–Kier alpha value is -0.830. The topological polar surface area (TPSA) is 29.9 Å². The number of imidazole rings is 1. The summed E-state index contributed by atoms with van der Waals surface area (Å²) in [6.07, 6.45) is 10.3. The Morgan fingerprint density at radius 1 is 1.39 bits per heavy atom. The maximum absolute atomic E-state index is 4.48. The van der Waals surface area contributed by atoms with Crippen LogP contribution in [0.4, 0.5) is 0 Å². The van der Waals surface area contributed by atoms with Crippen molar-refractivity contribution in [3.8, 4) is 0 Å². The molecular formula is C15H27N3. The number of aryl methyl sites for hydroxylation is 1. The molecule has 2 rings (SSSR count). The van der Waals surface area contributed by atoms with Crippen LogP contribution in [0.25, 0.3) is 0 Å². The Balaban J connectivity index is 2.14. The summed E-state index contributed by atoms with van der Waals surface area (Å²) >= 11 is 0. The largest absolute Gasteiger partial charge is 0.330 e. The standard InChI is InChI=1S/C15H27N3/c1-4-8-16-13-7-6-12(3)11-14(13)18-10-9-17-15(18)5-2/h9-10,12-14,16H,4-8,11H2,1-3H3. The number of hydrogen-bond donors (Lipinski definition) is 1. The van der Waals surface area contributed by atoms with E-state index < -0.39 is 0 Å². The van der Waals surface area contributed by atoms with E-state index in [1.165, 1.54) is 31.5 Å². The van der Waals surface area contributed by atoms with E-state index in [4.69, 9.17) is 0 Å². The third-order valence-electron chi connectivity index (χ3n) is 4.16. The molecule has 1 aromatic rings. The molecule has 18 heavy (non-hydrogen) atoms. The van der Waals surface area contributed by atoms with Gasteiger partial charge in [0.1, 0.15) is 5.82 Å². The summed E-state index contributed by atoms with van der Waals surface area (Å²) in [6.45, 7) is 7.94. The van der Waals surface area contributed by atoms with Crippen LogP contribution in [0.5, 0.6) is 0 Å². The van der Waals surface area contributed by atoms with Gasteiger partial charge in [-0.3, -0.25) is 0 Å². The molecule has 1 N–H and O–H groups in total. The van der Waals surface area contributed by atoms with Crippen LogP contribution in [0.15, 0.2) is 12.4 Å². The van der Waals surface area contributed by atoms with Gasteiger partial charge < -0.3 is 9.88 Å². The Bertz CT molecular complexity index is 356. The highest BCUT2D eigenvalue weighted by atomic mass is 15.1. The van der Waals surface area contributed by atoms with Crippen LogP contribution < -0.4 is 5.32 Å². The third-order valence-corrected chi connectivity index (χ3v) is 4.16. The molecule has 3 heteroatoms. The van der Waals surface area contributed by atoms with E-state index in [1.54, 1.807) is 0 Å². The monoisotopic (exact) mass is 249 g/mol. The van der Waals surface area contributed by atoms with Gasteiger partial charge in [-0.2, -0.15) is 0 Å². The molecule has 1 aliphatic carbocycles. The van der Waals surface area contributed by atoms with Gasteiger partial charge in [-0.1, -0.05) is 20.8 Å². The Morgan fingerprint density at radius 3 is 2.94 bits per heavy atom. The molecule has 3 unspecified atom stereocenters. The van der Waals surface area contributed by atoms with E-state index >= 15 is 0 Å². The molecule has 3 nitrogen and oxygen atoms in total. The first-order chi connectivity index (χ1) is 8.76. The van der Waals surface area contributed by atoms with Crippen LogP contribution in [0, 0.1) is 5.92 Å². The van der Waals surface area contributed by atoms with Crippen molar-refractivity contribution in [3.05, 3.63) is 18.2 Å². The number of nitrogens with zero attached hydrogens (tertiary/aromatic N) is 2. The van der Waals surface area contributed by atoms with Crippen molar-refractivity contribution in [2.45, 2.75) is 65.0 Å². The highest BCUT2D eigenvalue weighted by molar-refractivity contribution is 4.99. The molecule has 1 fully saturated rings. The number of nitrogens with one attached hydrogen (secondary N) is 1. The summed E-state index contributed by atoms with van der Waals surface area (Å²) < 4.78 is 2.42. The van der Waals surface area contributed by atoms with Gasteiger partial charge in [0.25, 0.3) is 0 Å². The molecule has 3 atom stereocenters. The first-order valence-electron chi connectivity index (χ1n) is 7.51. The van der Waals surface area contributed by atoms with Crippen LogP contribution in [-0.2, 0) is 6.42 Å². The summed E-state index contributed by atoms with van der Waals surface area (Å²) in [5.41, 5.74) is 0. The first kappa shape index (κ1) is 13.6. The first-order valence-corrected chi connectivity index (χ1v) is 7.51. The molecule has 1 aliphatic rings. The molecule has 0 amide bonds. The molecule has 1 heterocycles. The summed E-state index contributed by atoms with van der Waals surface area (Å²) in [6, 6.07) is 1.22. The Labute approximate surface area is 111 Å². The predicted octanol–water partition coefficient (Wildman–Crippen LogP) is 3.17. The van der Waals surface area contributed by atoms with Gasteiger partial charge in [-0.25, -0.2) is 4.98 Å². The van der Waals surface area contributed by atoms with Gasteiger partial charge in [0.15, 0.2) is 0 Å². The third kappa shape index (κ3) is 2.94. The highest BCUT2D eigenvalue weighted by Crippen LogP contribution is 2.33. The van der Waals surface area contributed by atoms with Gasteiger partial charge in [-0.15, -0.1) is 0 Å². The maximum atomic E-state index is 4.48. The van der Waals surface area contributed by atoms with Crippen LogP contribution in [0.3, 0.4) is 0 Å². The van der Waals surface area contributed by atoms with Crippen molar-refractivity contribution in [2.75, 3.05) is 6.54 Å².